The van der Waals surface area contributed by atoms with Crippen LogP contribution in [0.15, 0.2) is 48.8 Å². The molecule has 1 aliphatic rings. The lowest BCUT2D eigenvalue weighted by Crippen LogP contribution is -2.36. The fourth-order valence-electron chi connectivity index (χ4n) is 4.08. The van der Waals surface area contributed by atoms with Gasteiger partial charge in [-0.3, -0.25) is 4.79 Å². The molecule has 4 nitrogen and oxygen atoms in total. The van der Waals surface area contributed by atoms with Gasteiger partial charge in [0.05, 0.1) is 12.5 Å². The summed E-state index contributed by atoms with van der Waals surface area (Å²) in [6.07, 6.45) is 9.06. The quantitative estimate of drug-likeness (QED) is 0.766. The molecule has 2 aromatic heterocycles. The second-order valence-electron chi connectivity index (χ2n) is 7.03. The highest BCUT2D eigenvalue weighted by Crippen LogP contribution is 2.31. The maximum absolute atomic E-state index is 13.2. The molecule has 1 saturated heterocycles. The molecule has 0 unspecified atom stereocenters. The van der Waals surface area contributed by atoms with Gasteiger partial charge in [-0.15, -0.1) is 0 Å². The lowest BCUT2D eigenvalue weighted by Gasteiger charge is -2.30. The molecule has 130 valence electrons. The number of carbonyl (C=O) groups is 1. The maximum atomic E-state index is 13.2. The lowest BCUT2D eigenvalue weighted by atomic mass is 10.0. The van der Waals surface area contributed by atoms with Gasteiger partial charge < -0.3 is 14.5 Å². The van der Waals surface area contributed by atoms with Crippen molar-refractivity contribution in [1.82, 2.24) is 14.5 Å². The van der Waals surface area contributed by atoms with Crippen molar-refractivity contribution in [3.8, 4) is 0 Å². The number of likely N-dealkylation sites (tertiary alicyclic amines) is 1. The SMILES string of the molecule is Cn1cccc1[C@@H]1CCCCCN1C(=O)Cc1c[nH]c2ccccc12. The first-order chi connectivity index (χ1) is 12.2. The Hall–Kier alpha value is -2.49. The first kappa shape index (κ1) is 16.0. The van der Waals surface area contributed by atoms with Crippen molar-refractivity contribution in [2.75, 3.05) is 6.54 Å². The number of para-hydroxylation sites is 1. The van der Waals surface area contributed by atoms with Gasteiger partial charge in [-0.05, 0) is 36.6 Å². The number of aryl methyl sites for hydroxylation is 1. The second kappa shape index (κ2) is 6.79. The van der Waals surface area contributed by atoms with Gasteiger partial charge >= 0.3 is 0 Å². The summed E-state index contributed by atoms with van der Waals surface area (Å²) in [7, 11) is 2.07. The zero-order valence-corrected chi connectivity index (χ0v) is 14.7. The normalized spacial score (nSPS) is 18.4. The third-order valence-corrected chi connectivity index (χ3v) is 5.42. The number of nitrogens with one attached hydrogen (secondary N) is 1. The Morgan fingerprint density at radius 1 is 1.16 bits per heavy atom. The number of rotatable bonds is 3. The van der Waals surface area contributed by atoms with E-state index in [4.69, 9.17) is 0 Å². The average Bonchev–Trinajstić information content (AvgIpc) is 3.14. The van der Waals surface area contributed by atoms with Crippen LogP contribution < -0.4 is 0 Å². The molecule has 0 saturated carbocycles. The van der Waals surface area contributed by atoms with Crippen molar-refractivity contribution in [2.45, 2.75) is 38.1 Å². The third kappa shape index (κ3) is 3.09. The number of benzene rings is 1. The van der Waals surface area contributed by atoms with Crippen molar-refractivity contribution in [1.29, 1.82) is 0 Å². The summed E-state index contributed by atoms with van der Waals surface area (Å²) in [5.74, 6) is 0.234. The molecule has 4 heteroatoms. The van der Waals surface area contributed by atoms with Gasteiger partial charge in [0, 0.05) is 42.6 Å². The van der Waals surface area contributed by atoms with E-state index in [0.29, 0.717) is 6.42 Å². The number of carbonyl (C=O) groups excluding carboxylic acids is 1. The molecule has 1 amide bonds. The van der Waals surface area contributed by atoms with Crippen LogP contribution >= 0.6 is 0 Å². The molecular weight excluding hydrogens is 310 g/mol. The van der Waals surface area contributed by atoms with Crippen LogP contribution in [-0.2, 0) is 18.3 Å². The molecule has 3 heterocycles. The topological polar surface area (TPSA) is 41.0 Å². The molecule has 4 rings (SSSR count). The van der Waals surface area contributed by atoms with Crippen LogP contribution in [0.25, 0.3) is 10.9 Å². The van der Waals surface area contributed by atoms with E-state index in [-0.39, 0.29) is 11.9 Å². The summed E-state index contributed by atoms with van der Waals surface area (Å²) in [5, 5.41) is 1.15. The molecule has 3 aromatic rings. The van der Waals surface area contributed by atoms with E-state index >= 15 is 0 Å². The number of aromatic amines is 1. The number of hydrogen-bond donors (Lipinski definition) is 1. The summed E-state index contributed by atoms with van der Waals surface area (Å²) in [6.45, 7) is 0.858. The molecule has 1 aliphatic heterocycles. The van der Waals surface area contributed by atoms with Crippen LogP contribution in [0.3, 0.4) is 0 Å². The smallest absolute Gasteiger partial charge is 0.227 e. The van der Waals surface area contributed by atoms with Crippen LogP contribution in [0.2, 0.25) is 0 Å². The second-order valence-corrected chi connectivity index (χ2v) is 7.03. The highest BCUT2D eigenvalue weighted by Gasteiger charge is 2.28. The Kier molecular flexibility index (Phi) is 4.35. The van der Waals surface area contributed by atoms with Crippen LogP contribution in [0.4, 0.5) is 0 Å². The van der Waals surface area contributed by atoms with Gasteiger partial charge in [0.25, 0.3) is 0 Å². The Morgan fingerprint density at radius 3 is 2.88 bits per heavy atom. The summed E-state index contributed by atoms with van der Waals surface area (Å²) < 4.78 is 2.15. The molecule has 0 bridgehead atoms. The molecule has 1 atom stereocenters. The van der Waals surface area contributed by atoms with Crippen LogP contribution in [0, 0.1) is 0 Å². The summed E-state index contributed by atoms with van der Waals surface area (Å²) in [4.78, 5) is 18.6. The molecule has 0 aliphatic carbocycles. The highest BCUT2D eigenvalue weighted by molar-refractivity contribution is 5.89. The van der Waals surface area contributed by atoms with Crippen LogP contribution in [-0.4, -0.2) is 26.9 Å². The monoisotopic (exact) mass is 335 g/mol. The predicted octanol–water partition coefficient (Wildman–Crippen LogP) is 4.19. The highest BCUT2D eigenvalue weighted by atomic mass is 16.2. The minimum atomic E-state index is 0.195. The van der Waals surface area contributed by atoms with E-state index in [1.807, 2.05) is 18.3 Å². The van der Waals surface area contributed by atoms with Crippen molar-refractivity contribution in [3.05, 3.63) is 60.0 Å². The van der Waals surface area contributed by atoms with Gasteiger partial charge in [-0.25, -0.2) is 0 Å². The Balaban J connectivity index is 1.61. The first-order valence-corrected chi connectivity index (χ1v) is 9.20. The first-order valence-electron chi connectivity index (χ1n) is 9.20. The van der Waals surface area contributed by atoms with Crippen molar-refractivity contribution >= 4 is 16.8 Å². The predicted molar refractivity (Wildman–Crippen MR) is 100 cm³/mol. The van der Waals surface area contributed by atoms with E-state index in [2.05, 4.69) is 52.0 Å². The Bertz CT molecular complexity index is 876. The van der Waals surface area contributed by atoms with Gasteiger partial charge in [-0.1, -0.05) is 31.0 Å². The Labute approximate surface area is 148 Å². The number of hydrogen-bond acceptors (Lipinski definition) is 1. The van der Waals surface area contributed by atoms with E-state index < -0.39 is 0 Å². The number of amides is 1. The molecule has 1 aromatic carbocycles. The van der Waals surface area contributed by atoms with Crippen molar-refractivity contribution in [2.24, 2.45) is 7.05 Å². The summed E-state index contributed by atoms with van der Waals surface area (Å²) in [5.41, 5.74) is 3.44. The fourth-order valence-corrected chi connectivity index (χ4v) is 4.08. The largest absolute Gasteiger partial charge is 0.361 e. The summed E-state index contributed by atoms with van der Waals surface area (Å²) >= 11 is 0. The third-order valence-electron chi connectivity index (χ3n) is 5.42. The van der Waals surface area contributed by atoms with E-state index in [1.54, 1.807) is 0 Å². The van der Waals surface area contributed by atoms with E-state index in [0.717, 1.165) is 35.9 Å². The molecule has 0 radical (unpaired) electrons. The number of fused-ring (bicyclic) bond motifs is 1. The molecular formula is C21H25N3O. The van der Waals surface area contributed by atoms with Gasteiger partial charge in [0.15, 0.2) is 0 Å². The minimum Gasteiger partial charge on any atom is -0.361 e. The standard InChI is InChI=1S/C21H25N3O/c1-23-12-7-11-19(23)20-10-3-2-6-13-24(20)21(25)14-16-15-22-18-9-5-4-8-17(16)18/h4-5,7-9,11-12,15,20,22H,2-3,6,10,13-14H2,1H3/t20-/m0/s1. The Morgan fingerprint density at radius 2 is 2.04 bits per heavy atom. The molecule has 25 heavy (non-hydrogen) atoms. The molecule has 0 spiro atoms. The van der Waals surface area contributed by atoms with Crippen molar-refractivity contribution < 1.29 is 4.79 Å². The fraction of sp³-hybridized carbons (Fsp3) is 0.381. The van der Waals surface area contributed by atoms with Gasteiger partial charge in [-0.2, -0.15) is 0 Å². The minimum absolute atomic E-state index is 0.195. The van der Waals surface area contributed by atoms with Crippen molar-refractivity contribution in [3.63, 3.8) is 0 Å². The number of H-pyrrole nitrogens is 1. The summed E-state index contributed by atoms with van der Waals surface area (Å²) in [6, 6.07) is 12.6. The van der Waals surface area contributed by atoms with E-state index in [9.17, 15) is 4.79 Å². The number of nitrogens with zero attached hydrogens (tertiary/aromatic N) is 2. The molecule has 1 N–H and O–H groups in total. The average molecular weight is 335 g/mol. The van der Waals surface area contributed by atoms with Gasteiger partial charge in [0.2, 0.25) is 5.91 Å². The maximum Gasteiger partial charge on any atom is 0.227 e. The van der Waals surface area contributed by atoms with E-state index in [1.165, 1.54) is 18.5 Å². The lowest BCUT2D eigenvalue weighted by molar-refractivity contribution is -0.133. The van der Waals surface area contributed by atoms with Crippen LogP contribution in [0.5, 0.6) is 0 Å². The van der Waals surface area contributed by atoms with Crippen LogP contribution in [0.1, 0.15) is 43.0 Å². The zero-order valence-electron chi connectivity index (χ0n) is 14.7. The zero-order chi connectivity index (χ0) is 17.2. The molecule has 1 fully saturated rings. The van der Waals surface area contributed by atoms with Gasteiger partial charge in [0.1, 0.15) is 0 Å². The number of aromatic nitrogens is 2.